The Morgan fingerprint density at radius 1 is 1.16 bits per heavy atom. The highest BCUT2D eigenvalue weighted by Gasteiger charge is 2.24. The number of rotatable bonds is 4. The first kappa shape index (κ1) is 14.5. The maximum absolute atomic E-state index is 13.1. The molecule has 2 nitrogen and oxygen atoms in total. The number of ether oxygens (including phenoxy) is 1. The molecule has 0 saturated heterocycles. The van der Waals surface area contributed by atoms with Crippen LogP contribution >= 0.6 is 0 Å². The number of hydrogen-bond acceptors (Lipinski definition) is 2. The van der Waals surface area contributed by atoms with Crippen LogP contribution < -0.4 is 5.73 Å². The molecule has 1 saturated carbocycles. The van der Waals surface area contributed by atoms with Gasteiger partial charge in [-0.2, -0.15) is 0 Å². The second kappa shape index (κ2) is 6.49. The van der Waals surface area contributed by atoms with Crippen molar-refractivity contribution in [3.63, 3.8) is 0 Å². The maximum Gasteiger partial charge on any atom is 0.123 e. The molecule has 1 fully saturated rings. The summed E-state index contributed by atoms with van der Waals surface area (Å²) in [5.74, 6) is 1.23. The van der Waals surface area contributed by atoms with Gasteiger partial charge in [-0.3, -0.25) is 0 Å². The molecule has 1 aromatic carbocycles. The maximum atomic E-state index is 13.1. The first-order valence-corrected chi connectivity index (χ1v) is 7.17. The molecule has 2 N–H and O–H groups in total. The van der Waals surface area contributed by atoms with E-state index in [1.807, 2.05) is 0 Å². The van der Waals surface area contributed by atoms with E-state index in [2.05, 4.69) is 13.8 Å². The molecule has 2 unspecified atom stereocenters. The van der Waals surface area contributed by atoms with E-state index in [0.29, 0.717) is 19.3 Å². The van der Waals surface area contributed by atoms with Crippen LogP contribution in [0.4, 0.5) is 4.39 Å². The summed E-state index contributed by atoms with van der Waals surface area (Å²) in [7, 11) is 0. The molecule has 2 rings (SSSR count). The first-order valence-electron chi connectivity index (χ1n) is 7.17. The molecule has 0 aromatic heterocycles. The van der Waals surface area contributed by atoms with Crippen molar-refractivity contribution < 1.29 is 9.13 Å². The minimum Gasteiger partial charge on any atom is -0.374 e. The van der Waals surface area contributed by atoms with Gasteiger partial charge in [0.15, 0.2) is 0 Å². The van der Waals surface area contributed by atoms with Gasteiger partial charge < -0.3 is 10.5 Å². The number of hydrogen-bond donors (Lipinski definition) is 1. The second-order valence-corrected chi connectivity index (χ2v) is 5.97. The van der Waals surface area contributed by atoms with Crippen LogP contribution in [-0.2, 0) is 17.9 Å². The molecule has 1 aliphatic rings. The van der Waals surface area contributed by atoms with Crippen LogP contribution in [0.5, 0.6) is 0 Å². The van der Waals surface area contributed by atoms with E-state index in [-0.39, 0.29) is 5.82 Å². The van der Waals surface area contributed by atoms with Crippen LogP contribution in [0.3, 0.4) is 0 Å². The fourth-order valence-electron chi connectivity index (χ4n) is 3.14. The van der Waals surface area contributed by atoms with E-state index < -0.39 is 0 Å². The molecule has 3 heteroatoms. The van der Waals surface area contributed by atoms with Gasteiger partial charge >= 0.3 is 0 Å². The van der Waals surface area contributed by atoms with Gasteiger partial charge in [0.1, 0.15) is 5.82 Å². The lowest BCUT2D eigenvalue weighted by molar-refractivity contribution is -0.00941. The third-order valence-corrected chi connectivity index (χ3v) is 4.00. The molecule has 1 aromatic rings. The summed E-state index contributed by atoms with van der Waals surface area (Å²) in [5, 5.41) is 0. The highest BCUT2D eigenvalue weighted by molar-refractivity contribution is 5.27. The van der Waals surface area contributed by atoms with Gasteiger partial charge in [0, 0.05) is 6.54 Å². The Kier molecular flexibility index (Phi) is 4.94. The van der Waals surface area contributed by atoms with Crippen LogP contribution in [0.25, 0.3) is 0 Å². The summed E-state index contributed by atoms with van der Waals surface area (Å²) in [6.45, 7) is 5.47. The van der Waals surface area contributed by atoms with Gasteiger partial charge in [0.05, 0.1) is 12.7 Å². The number of benzene rings is 1. The Morgan fingerprint density at radius 3 is 2.47 bits per heavy atom. The van der Waals surface area contributed by atoms with Crippen LogP contribution in [0.1, 0.15) is 44.2 Å². The third kappa shape index (κ3) is 4.02. The second-order valence-electron chi connectivity index (χ2n) is 5.97. The molecule has 19 heavy (non-hydrogen) atoms. The normalized spacial score (nSPS) is 27.5. The Morgan fingerprint density at radius 2 is 1.84 bits per heavy atom. The van der Waals surface area contributed by atoms with Gasteiger partial charge in [0.25, 0.3) is 0 Å². The van der Waals surface area contributed by atoms with Gasteiger partial charge in [-0.25, -0.2) is 4.39 Å². The van der Waals surface area contributed by atoms with Crippen molar-refractivity contribution in [3.8, 4) is 0 Å². The van der Waals surface area contributed by atoms with E-state index in [1.165, 1.54) is 18.6 Å². The fourth-order valence-corrected chi connectivity index (χ4v) is 3.14. The van der Waals surface area contributed by atoms with E-state index in [4.69, 9.17) is 10.5 Å². The van der Waals surface area contributed by atoms with Crippen molar-refractivity contribution in [2.45, 2.75) is 52.4 Å². The van der Waals surface area contributed by atoms with E-state index >= 15 is 0 Å². The molecule has 0 amide bonds. The average molecular weight is 265 g/mol. The summed E-state index contributed by atoms with van der Waals surface area (Å²) in [4.78, 5) is 0. The SMILES string of the molecule is CC1CC(C)CC(OCc2ccc(F)cc2CN)C1. The highest BCUT2D eigenvalue weighted by Crippen LogP contribution is 2.31. The van der Waals surface area contributed by atoms with Gasteiger partial charge in [-0.1, -0.05) is 19.9 Å². The lowest BCUT2D eigenvalue weighted by Gasteiger charge is -2.31. The molecule has 0 bridgehead atoms. The summed E-state index contributed by atoms with van der Waals surface area (Å²) in [6, 6.07) is 4.77. The zero-order valence-electron chi connectivity index (χ0n) is 11.9. The Hall–Kier alpha value is -0.930. The topological polar surface area (TPSA) is 35.2 Å². The molecule has 0 spiro atoms. The molecule has 0 heterocycles. The monoisotopic (exact) mass is 265 g/mol. The van der Waals surface area contributed by atoms with Crippen molar-refractivity contribution in [2.24, 2.45) is 17.6 Å². The lowest BCUT2D eigenvalue weighted by atomic mass is 9.82. The van der Waals surface area contributed by atoms with Crippen molar-refractivity contribution in [1.82, 2.24) is 0 Å². The predicted octanol–water partition coefficient (Wildman–Crippen LogP) is 3.63. The van der Waals surface area contributed by atoms with Gasteiger partial charge in [-0.15, -0.1) is 0 Å². The Bertz CT molecular complexity index is 411. The average Bonchev–Trinajstić information content (AvgIpc) is 2.36. The minimum absolute atomic E-state index is 0.232. The lowest BCUT2D eigenvalue weighted by Crippen LogP contribution is -2.26. The van der Waals surface area contributed by atoms with Crippen molar-refractivity contribution in [1.29, 1.82) is 0 Å². The van der Waals surface area contributed by atoms with Crippen molar-refractivity contribution >= 4 is 0 Å². The van der Waals surface area contributed by atoms with Crippen LogP contribution in [0.2, 0.25) is 0 Å². The molecule has 0 aliphatic heterocycles. The van der Waals surface area contributed by atoms with Gasteiger partial charge in [-0.05, 0) is 54.4 Å². The Labute approximate surface area is 115 Å². The molecule has 106 valence electrons. The van der Waals surface area contributed by atoms with Crippen molar-refractivity contribution in [2.75, 3.05) is 0 Å². The van der Waals surface area contributed by atoms with E-state index in [9.17, 15) is 4.39 Å². The highest BCUT2D eigenvalue weighted by atomic mass is 19.1. The minimum atomic E-state index is -0.232. The van der Waals surface area contributed by atoms with E-state index in [1.54, 1.807) is 6.07 Å². The zero-order valence-corrected chi connectivity index (χ0v) is 11.9. The number of halogens is 1. The fraction of sp³-hybridized carbons (Fsp3) is 0.625. The molecule has 2 atom stereocenters. The molecular weight excluding hydrogens is 241 g/mol. The van der Waals surface area contributed by atoms with Crippen LogP contribution in [-0.4, -0.2) is 6.10 Å². The summed E-state index contributed by atoms with van der Waals surface area (Å²) in [5.41, 5.74) is 7.50. The summed E-state index contributed by atoms with van der Waals surface area (Å²) >= 11 is 0. The smallest absolute Gasteiger partial charge is 0.123 e. The first-order chi connectivity index (χ1) is 9.08. The Balaban J connectivity index is 1.95. The third-order valence-electron chi connectivity index (χ3n) is 4.00. The van der Waals surface area contributed by atoms with Gasteiger partial charge in [0.2, 0.25) is 0 Å². The molecule has 1 aliphatic carbocycles. The zero-order chi connectivity index (χ0) is 13.8. The van der Waals surface area contributed by atoms with Crippen LogP contribution in [0, 0.1) is 17.7 Å². The van der Waals surface area contributed by atoms with Crippen molar-refractivity contribution in [3.05, 3.63) is 35.1 Å². The summed E-state index contributed by atoms with van der Waals surface area (Å²) < 4.78 is 19.1. The number of nitrogens with two attached hydrogens (primary N) is 1. The molecular formula is C16H24FNO. The van der Waals surface area contributed by atoms with Crippen LogP contribution in [0.15, 0.2) is 18.2 Å². The summed E-state index contributed by atoms with van der Waals surface area (Å²) in [6.07, 6.45) is 3.88. The van der Waals surface area contributed by atoms with E-state index in [0.717, 1.165) is 35.8 Å². The largest absolute Gasteiger partial charge is 0.374 e. The quantitative estimate of drug-likeness (QED) is 0.902. The predicted molar refractivity (Wildman–Crippen MR) is 75.0 cm³/mol. The standard InChI is InChI=1S/C16H24FNO/c1-11-5-12(2)7-16(6-11)19-10-13-3-4-15(17)8-14(13)9-18/h3-4,8,11-12,16H,5-7,9-10,18H2,1-2H3. The molecule has 0 radical (unpaired) electrons.